The van der Waals surface area contributed by atoms with Crippen LogP contribution in [-0.2, 0) is 23.7 Å². The van der Waals surface area contributed by atoms with E-state index >= 15 is 0 Å². The first-order valence-corrected chi connectivity index (χ1v) is 18.0. The molecule has 5 fully saturated rings. The van der Waals surface area contributed by atoms with Crippen molar-refractivity contribution in [2.75, 3.05) is 57.9 Å². The molecule has 0 radical (unpaired) electrons. The molecule has 2 saturated carbocycles. The molecule has 7 rings (SSSR count). The second-order valence-electron chi connectivity index (χ2n) is 15.7. The number of fused-ring (bicyclic) bond motifs is 1. The van der Waals surface area contributed by atoms with E-state index in [1.807, 2.05) is 31.2 Å². The van der Waals surface area contributed by atoms with Crippen LogP contribution in [0.4, 0.5) is 5.69 Å². The van der Waals surface area contributed by atoms with Gasteiger partial charge in [-0.1, -0.05) is 38.1 Å². The van der Waals surface area contributed by atoms with Crippen LogP contribution in [0.15, 0.2) is 53.8 Å². The van der Waals surface area contributed by atoms with Crippen molar-refractivity contribution >= 4 is 17.7 Å². The molecule has 8 unspecified atom stereocenters. The van der Waals surface area contributed by atoms with Crippen molar-refractivity contribution in [3.05, 3.63) is 59.4 Å². The number of likely N-dealkylation sites (N-methyl/N-ethyl adjacent to an activating group) is 1. The second-order valence-corrected chi connectivity index (χ2v) is 15.7. The topological polar surface area (TPSA) is 165 Å². The van der Waals surface area contributed by atoms with E-state index in [2.05, 4.69) is 42.0 Å². The number of carbonyl (C=O) groups is 1. The van der Waals surface area contributed by atoms with Gasteiger partial charge in [-0.2, -0.15) is 0 Å². The number of esters is 1. The van der Waals surface area contributed by atoms with Crippen molar-refractivity contribution in [3.8, 4) is 0 Å². The van der Waals surface area contributed by atoms with Crippen LogP contribution in [0, 0.1) is 22.7 Å². The van der Waals surface area contributed by atoms with Gasteiger partial charge in [-0.15, -0.1) is 0 Å². The highest BCUT2D eigenvalue weighted by Gasteiger charge is 2.67. The number of aliphatic hydroxyl groups excluding tert-OH is 5. The van der Waals surface area contributed by atoms with Gasteiger partial charge in [-0.25, -0.2) is 4.79 Å². The van der Waals surface area contributed by atoms with Crippen LogP contribution in [0.25, 0.3) is 6.08 Å². The van der Waals surface area contributed by atoms with Crippen LogP contribution in [0.1, 0.15) is 45.1 Å². The molecule has 0 amide bonds. The van der Waals surface area contributed by atoms with Gasteiger partial charge in [0.05, 0.1) is 37.1 Å². The number of rotatable bonds is 8. The summed E-state index contributed by atoms with van der Waals surface area (Å²) in [7, 11) is 2.14. The number of allylic oxidation sites excluding steroid dienone is 1. The van der Waals surface area contributed by atoms with E-state index in [1.165, 1.54) is 5.69 Å². The Morgan fingerprint density at radius 3 is 2.36 bits per heavy atom. The molecular weight excluding hydrogens is 644 g/mol. The lowest BCUT2D eigenvalue weighted by atomic mass is 9.45. The van der Waals surface area contributed by atoms with Crippen LogP contribution >= 0.6 is 0 Å². The first-order chi connectivity index (χ1) is 23.9. The summed E-state index contributed by atoms with van der Waals surface area (Å²) < 4.78 is 23.8. The molecule has 0 aromatic heterocycles. The molecular formula is C38H52N2O10. The summed E-state index contributed by atoms with van der Waals surface area (Å²) in [5.74, 6) is 0.0334. The maximum Gasteiger partial charge on any atom is 0.343 e. The Labute approximate surface area is 293 Å². The molecule has 0 bridgehead atoms. The summed E-state index contributed by atoms with van der Waals surface area (Å²) >= 11 is 0. The number of aliphatic hydroxyl groups is 5. The Morgan fingerprint density at radius 1 is 0.980 bits per heavy atom. The third-order valence-corrected chi connectivity index (χ3v) is 12.7. The van der Waals surface area contributed by atoms with Crippen LogP contribution in [0.5, 0.6) is 0 Å². The maximum atomic E-state index is 13.0. The Kier molecular flexibility index (Phi) is 9.81. The summed E-state index contributed by atoms with van der Waals surface area (Å²) in [6, 6.07) is 8.31. The zero-order valence-electron chi connectivity index (χ0n) is 29.2. The molecule has 1 aromatic carbocycles. The fraction of sp³-hybridized carbons (Fsp3) is 0.658. The van der Waals surface area contributed by atoms with Gasteiger partial charge in [0.1, 0.15) is 30.2 Å². The quantitative estimate of drug-likeness (QED) is 0.152. The third kappa shape index (κ3) is 6.37. The lowest BCUT2D eigenvalue weighted by Crippen LogP contribution is -2.64. The van der Waals surface area contributed by atoms with Crippen molar-refractivity contribution < 1.29 is 49.3 Å². The first kappa shape index (κ1) is 35.7. The lowest BCUT2D eigenvalue weighted by molar-refractivity contribution is -0.330. The number of hydrogen-bond acceptors (Lipinski definition) is 12. The normalized spacial score (nSPS) is 43.0. The van der Waals surface area contributed by atoms with E-state index < -0.39 is 54.8 Å². The fourth-order valence-electron chi connectivity index (χ4n) is 9.49. The Balaban J connectivity index is 1.07. The Bertz CT molecular complexity index is 1500. The average Bonchev–Trinajstić information content (AvgIpc) is 3.79. The van der Waals surface area contributed by atoms with E-state index in [0.29, 0.717) is 30.8 Å². The number of ether oxygens (including phenoxy) is 4. The summed E-state index contributed by atoms with van der Waals surface area (Å²) in [6.07, 6.45) is 2.99. The number of carbonyl (C=O) groups excluding carboxylic acids is 1. The molecule has 4 aliphatic heterocycles. The number of hydrogen-bond donors (Lipinski definition) is 5. The number of anilines is 1. The minimum absolute atomic E-state index is 0.0121. The summed E-state index contributed by atoms with van der Waals surface area (Å²) in [5, 5.41) is 51.9. The number of epoxide rings is 1. The molecule has 2 aliphatic carbocycles. The summed E-state index contributed by atoms with van der Waals surface area (Å²) in [6.45, 7) is 8.19. The predicted molar refractivity (Wildman–Crippen MR) is 184 cm³/mol. The highest BCUT2D eigenvalue weighted by molar-refractivity contribution is 5.96. The van der Waals surface area contributed by atoms with Crippen LogP contribution in [-0.4, -0.2) is 132 Å². The van der Waals surface area contributed by atoms with Crippen LogP contribution in [0.2, 0.25) is 0 Å². The third-order valence-electron chi connectivity index (χ3n) is 12.7. The molecule has 1 aromatic rings. The largest absolute Gasteiger partial charge is 0.423 e. The number of cyclic esters (lactones) is 1. The monoisotopic (exact) mass is 696 g/mol. The Morgan fingerprint density at radius 2 is 1.70 bits per heavy atom. The van der Waals surface area contributed by atoms with Crippen molar-refractivity contribution in [2.45, 2.75) is 81.9 Å². The highest BCUT2D eigenvalue weighted by Crippen LogP contribution is 2.66. The van der Waals surface area contributed by atoms with Crippen molar-refractivity contribution in [3.63, 3.8) is 0 Å². The van der Waals surface area contributed by atoms with Gasteiger partial charge >= 0.3 is 5.97 Å². The predicted octanol–water partition coefficient (Wildman–Crippen LogP) is 1.60. The summed E-state index contributed by atoms with van der Waals surface area (Å²) in [4.78, 5) is 17.7. The van der Waals surface area contributed by atoms with Gasteiger partial charge in [0, 0.05) is 43.2 Å². The minimum Gasteiger partial charge on any atom is -0.423 e. The average molecular weight is 697 g/mol. The fourth-order valence-corrected chi connectivity index (χ4v) is 9.49. The van der Waals surface area contributed by atoms with E-state index in [0.717, 1.165) is 44.6 Å². The first-order valence-electron chi connectivity index (χ1n) is 18.0. The van der Waals surface area contributed by atoms with Gasteiger partial charge in [-0.3, -0.25) is 0 Å². The molecule has 11 atom stereocenters. The second kappa shape index (κ2) is 13.7. The molecule has 12 nitrogen and oxygen atoms in total. The lowest BCUT2D eigenvalue weighted by Gasteiger charge is -2.61. The molecule has 50 heavy (non-hydrogen) atoms. The zero-order valence-corrected chi connectivity index (χ0v) is 29.2. The molecule has 1 spiro atoms. The van der Waals surface area contributed by atoms with Gasteiger partial charge in [-0.05, 0) is 73.9 Å². The molecule has 3 saturated heterocycles. The van der Waals surface area contributed by atoms with E-state index in [1.54, 1.807) is 6.08 Å². The standard InChI is InChI=1S/C38H52N2O10/c1-36-12-11-30(50-35-33(45)32(44)31(43)27(20-41)49-35)37(2,21-42)28(36)10-13-38(22-47-38)29(36)9-6-24-19-26(48-34(24)46)18-23-4-7-25(8-5-23)40-16-14-39(3)15-17-40/h4-9,18-19,27-33,35,41-45H,10-17,20-22H2,1-3H3/t27?,28?,29?,30-,31?,32?,33?,35?,36+,37+,38?/m1/s1. The zero-order chi connectivity index (χ0) is 35.4. The molecule has 274 valence electrons. The Hall–Kier alpha value is -2.65. The smallest absolute Gasteiger partial charge is 0.343 e. The van der Waals surface area contributed by atoms with Gasteiger partial charge in [0.2, 0.25) is 0 Å². The number of nitrogens with zero attached hydrogens (tertiary/aromatic N) is 2. The van der Waals surface area contributed by atoms with E-state index in [4.69, 9.17) is 18.9 Å². The van der Waals surface area contributed by atoms with Crippen LogP contribution in [0.3, 0.4) is 0 Å². The van der Waals surface area contributed by atoms with E-state index in [9.17, 15) is 30.3 Å². The van der Waals surface area contributed by atoms with Crippen molar-refractivity contribution in [2.24, 2.45) is 22.7 Å². The SMILES string of the molecule is CN1CCN(c2ccc(C=C3C=C(C=CC4C5(CCC6[C@]4(C)CC[C@@H](OC4OC(CO)C(O)C(O)C4O)[C@@]6(C)CO)CO5)C(=O)O3)cc2)CC1. The van der Waals surface area contributed by atoms with Crippen molar-refractivity contribution in [1.82, 2.24) is 4.90 Å². The number of benzene rings is 1. The van der Waals surface area contributed by atoms with Crippen molar-refractivity contribution in [1.29, 1.82) is 0 Å². The summed E-state index contributed by atoms with van der Waals surface area (Å²) in [5.41, 5.74) is 1.21. The van der Waals surface area contributed by atoms with Crippen LogP contribution < -0.4 is 4.90 Å². The molecule has 5 N–H and O–H groups in total. The van der Waals surface area contributed by atoms with Gasteiger partial charge < -0.3 is 54.3 Å². The molecule has 4 heterocycles. The number of piperazine rings is 1. The highest BCUT2D eigenvalue weighted by atomic mass is 16.7. The van der Waals surface area contributed by atoms with Gasteiger partial charge in [0.25, 0.3) is 0 Å². The minimum atomic E-state index is -1.55. The van der Waals surface area contributed by atoms with Gasteiger partial charge in [0.15, 0.2) is 6.29 Å². The maximum absolute atomic E-state index is 13.0. The molecule has 12 heteroatoms. The van der Waals surface area contributed by atoms with E-state index in [-0.39, 0.29) is 29.5 Å². The molecule has 6 aliphatic rings.